The molecule has 1 heterocycles. The quantitative estimate of drug-likeness (QED) is 0.674. The van der Waals surface area contributed by atoms with Crippen LogP contribution in [0.25, 0.3) is 10.9 Å². The zero-order chi connectivity index (χ0) is 10.6. The Bertz CT molecular complexity index is 537. The Hall–Kier alpha value is -1.28. The molecule has 1 aromatic heterocycles. The molecule has 1 aliphatic carbocycles. The number of rotatable bonds is 0. The van der Waals surface area contributed by atoms with Crippen LogP contribution >= 0.6 is 0 Å². The smallest absolute Gasteiger partial charge is 0.0490 e. The third-order valence-corrected chi connectivity index (χ3v) is 3.58. The van der Waals surface area contributed by atoms with Gasteiger partial charge in [-0.05, 0) is 48.9 Å². The summed E-state index contributed by atoms with van der Waals surface area (Å²) in [4.78, 5) is 3.38. The molecule has 3 N–H and O–H groups in total. The van der Waals surface area contributed by atoms with Crippen LogP contribution in [0.1, 0.15) is 34.7 Å². The van der Waals surface area contributed by atoms with E-state index in [-0.39, 0.29) is 6.04 Å². The van der Waals surface area contributed by atoms with Crippen molar-refractivity contribution in [2.45, 2.75) is 32.7 Å². The zero-order valence-corrected chi connectivity index (χ0v) is 9.22. The summed E-state index contributed by atoms with van der Waals surface area (Å²) in [6.45, 7) is 4.33. The Balaban J connectivity index is 2.50. The molecule has 1 aromatic carbocycles. The molecule has 1 aliphatic rings. The number of aromatic nitrogens is 1. The van der Waals surface area contributed by atoms with Crippen LogP contribution < -0.4 is 5.73 Å². The molecular weight excluding hydrogens is 184 g/mol. The van der Waals surface area contributed by atoms with E-state index >= 15 is 0 Å². The first-order valence-electron chi connectivity index (χ1n) is 5.54. The molecule has 15 heavy (non-hydrogen) atoms. The fraction of sp³-hybridized carbons (Fsp3) is 0.385. The van der Waals surface area contributed by atoms with E-state index in [4.69, 9.17) is 5.73 Å². The van der Waals surface area contributed by atoms with Crippen molar-refractivity contribution < 1.29 is 0 Å². The molecule has 3 rings (SSSR count). The van der Waals surface area contributed by atoms with E-state index in [0.29, 0.717) is 0 Å². The molecule has 0 saturated heterocycles. The fourth-order valence-corrected chi connectivity index (χ4v) is 2.89. The van der Waals surface area contributed by atoms with Crippen molar-refractivity contribution in [3.63, 3.8) is 0 Å². The number of hydrogen-bond acceptors (Lipinski definition) is 1. The summed E-state index contributed by atoms with van der Waals surface area (Å²) < 4.78 is 0. The minimum atomic E-state index is 0.219. The predicted octanol–water partition coefficient (Wildman–Crippen LogP) is 2.73. The largest absolute Gasteiger partial charge is 0.361 e. The summed E-state index contributed by atoms with van der Waals surface area (Å²) in [5, 5.41) is 1.39. The number of benzene rings is 1. The van der Waals surface area contributed by atoms with Crippen LogP contribution in [0.15, 0.2) is 12.3 Å². The lowest BCUT2D eigenvalue weighted by Crippen LogP contribution is -2.17. The predicted molar refractivity (Wildman–Crippen MR) is 63.0 cm³/mol. The molecule has 2 aromatic rings. The van der Waals surface area contributed by atoms with E-state index in [9.17, 15) is 0 Å². The maximum absolute atomic E-state index is 6.20. The van der Waals surface area contributed by atoms with Crippen molar-refractivity contribution in [1.29, 1.82) is 0 Å². The van der Waals surface area contributed by atoms with Gasteiger partial charge in [-0.25, -0.2) is 0 Å². The molecule has 2 heteroatoms. The highest BCUT2D eigenvalue weighted by Gasteiger charge is 2.22. The van der Waals surface area contributed by atoms with Crippen LogP contribution in [0.5, 0.6) is 0 Å². The lowest BCUT2D eigenvalue weighted by atomic mass is 9.85. The molecule has 0 aliphatic heterocycles. The van der Waals surface area contributed by atoms with Crippen molar-refractivity contribution in [2.24, 2.45) is 5.73 Å². The monoisotopic (exact) mass is 200 g/mol. The normalized spacial score (nSPS) is 19.8. The average molecular weight is 200 g/mol. The van der Waals surface area contributed by atoms with Crippen LogP contribution in [-0.2, 0) is 6.42 Å². The lowest BCUT2D eigenvalue weighted by Gasteiger charge is -2.22. The lowest BCUT2D eigenvalue weighted by molar-refractivity contribution is 0.640. The van der Waals surface area contributed by atoms with Gasteiger partial charge in [0.15, 0.2) is 0 Å². The topological polar surface area (TPSA) is 41.8 Å². The standard InChI is InChI=1S/C13H16N2/c1-7-5-8(2)13-12-9(6-15-13)3-4-10(14)11(7)12/h5-6,10,15H,3-4,14H2,1-2H3. The molecule has 0 saturated carbocycles. The Labute approximate surface area is 89.5 Å². The third kappa shape index (κ3) is 1.08. The fourth-order valence-electron chi connectivity index (χ4n) is 2.89. The number of aryl methyl sites for hydroxylation is 3. The second-order valence-corrected chi connectivity index (χ2v) is 4.63. The highest BCUT2D eigenvalue weighted by atomic mass is 14.7. The molecular formula is C13H16N2. The van der Waals surface area contributed by atoms with Gasteiger partial charge in [0, 0.05) is 23.1 Å². The molecule has 1 unspecified atom stereocenters. The van der Waals surface area contributed by atoms with Crippen LogP contribution in [0.3, 0.4) is 0 Å². The average Bonchev–Trinajstić information content (AvgIpc) is 2.60. The Morgan fingerprint density at radius 3 is 2.93 bits per heavy atom. The van der Waals surface area contributed by atoms with Gasteiger partial charge in [0.1, 0.15) is 0 Å². The number of hydrogen-bond donors (Lipinski definition) is 2. The van der Waals surface area contributed by atoms with Crippen LogP contribution in [0, 0.1) is 13.8 Å². The first-order valence-corrected chi connectivity index (χ1v) is 5.54. The van der Waals surface area contributed by atoms with Gasteiger partial charge in [-0.3, -0.25) is 0 Å². The third-order valence-electron chi connectivity index (χ3n) is 3.58. The first kappa shape index (κ1) is 8.98. The first-order chi connectivity index (χ1) is 7.18. The van der Waals surface area contributed by atoms with E-state index in [1.165, 1.54) is 33.2 Å². The van der Waals surface area contributed by atoms with E-state index in [1.807, 2.05) is 0 Å². The van der Waals surface area contributed by atoms with Crippen molar-refractivity contribution >= 4 is 10.9 Å². The van der Waals surface area contributed by atoms with Crippen molar-refractivity contribution in [3.8, 4) is 0 Å². The van der Waals surface area contributed by atoms with Gasteiger partial charge >= 0.3 is 0 Å². The molecule has 2 nitrogen and oxygen atoms in total. The zero-order valence-electron chi connectivity index (χ0n) is 9.22. The van der Waals surface area contributed by atoms with E-state index < -0.39 is 0 Å². The van der Waals surface area contributed by atoms with Crippen LogP contribution in [-0.4, -0.2) is 4.98 Å². The minimum absolute atomic E-state index is 0.219. The Kier molecular flexibility index (Phi) is 1.71. The summed E-state index contributed by atoms with van der Waals surface area (Å²) in [5.74, 6) is 0. The van der Waals surface area contributed by atoms with E-state index in [0.717, 1.165) is 12.8 Å². The number of nitrogens with one attached hydrogen (secondary N) is 1. The Morgan fingerprint density at radius 1 is 1.33 bits per heavy atom. The molecule has 0 bridgehead atoms. The molecule has 0 spiro atoms. The summed E-state index contributed by atoms with van der Waals surface area (Å²) >= 11 is 0. The number of H-pyrrole nitrogens is 1. The van der Waals surface area contributed by atoms with Gasteiger partial charge in [-0.15, -0.1) is 0 Å². The van der Waals surface area contributed by atoms with Gasteiger partial charge in [0.2, 0.25) is 0 Å². The van der Waals surface area contributed by atoms with Crippen molar-refractivity contribution in [2.75, 3.05) is 0 Å². The molecule has 0 fully saturated rings. The number of nitrogens with two attached hydrogens (primary N) is 1. The molecule has 78 valence electrons. The molecule has 1 atom stereocenters. The Morgan fingerprint density at radius 2 is 2.13 bits per heavy atom. The van der Waals surface area contributed by atoms with Gasteiger partial charge < -0.3 is 10.7 Å². The van der Waals surface area contributed by atoms with Crippen LogP contribution in [0.4, 0.5) is 0 Å². The second-order valence-electron chi connectivity index (χ2n) is 4.63. The van der Waals surface area contributed by atoms with E-state index in [2.05, 4.69) is 31.1 Å². The van der Waals surface area contributed by atoms with Crippen molar-refractivity contribution in [3.05, 3.63) is 34.5 Å². The van der Waals surface area contributed by atoms with Gasteiger partial charge in [-0.2, -0.15) is 0 Å². The summed E-state index contributed by atoms with van der Waals surface area (Å²) in [7, 11) is 0. The minimum Gasteiger partial charge on any atom is -0.361 e. The SMILES string of the molecule is Cc1cc(C)c2[nH]cc3c2c1C(N)CC3. The second kappa shape index (κ2) is 2.86. The van der Waals surface area contributed by atoms with Gasteiger partial charge in [-0.1, -0.05) is 6.07 Å². The summed E-state index contributed by atoms with van der Waals surface area (Å²) in [6, 6.07) is 2.46. The van der Waals surface area contributed by atoms with E-state index in [1.54, 1.807) is 0 Å². The highest BCUT2D eigenvalue weighted by Crippen LogP contribution is 2.37. The number of aromatic amines is 1. The molecule has 0 radical (unpaired) electrons. The van der Waals surface area contributed by atoms with Gasteiger partial charge in [0.05, 0.1) is 0 Å². The highest BCUT2D eigenvalue weighted by molar-refractivity contribution is 5.91. The molecule has 0 amide bonds. The van der Waals surface area contributed by atoms with Crippen molar-refractivity contribution in [1.82, 2.24) is 4.98 Å². The maximum atomic E-state index is 6.20. The van der Waals surface area contributed by atoms with Crippen LogP contribution in [0.2, 0.25) is 0 Å². The summed E-state index contributed by atoms with van der Waals surface area (Å²) in [6.07, 6.45) is 4.33. The summed E-state index contributed by atoms with van der Waals surface area (Å²) in [5.41, 5.74) is 12.9. The maximum Gasteiger partial charge on any atom is 0.0490 e. The van der Waals surface area contributed by atoms with Gasteiger partial charge in [0.25, 0.3) is 0 Å².